The Bertz CT molecular complexity index is 623. The number of amides is 1. The van der Waals surface area contributed by atoms with E-state index in [2.05, 4.69) is 5.32 Å². The van der Waals surface area contributed by atoms with Crippen molar-refractivity contribution in [3.05, 3.63) is 65.7 Å². The fourth-order valence-corrected chi connectivity index (χ4v) is 1.91. The minimum absolute atomic E-state index is 0.166. The highest BCUT2D eigenvalue weighted by molar-refractivity contribution is 5.94. The molecule has 0 heterocycles. The standard InChI is InChI=1S/C17H17NO4/c19-16(20)12-22-15-8-6-14(7-9-15)17(21)18-11-10-13-4-2-1-3-5-13/h1-9H,10-12H2,(H,18,21)(H,19,20). The van der Waals surface area contributed by atoms with Crippen molar-refractivity contribution in [2.24, 2.45) is 0 Å². The molecular formula is C17H17NO4. The highest BCUT2D eigenvalue weighted by Gasteiger charge is 2.06. The lowest BCUT2D eigenvalue weighted by molar-refractivity contribution is -0.139. The SMILES string of the molecule is O=C(O)COc1ccc(C(=O)NCCc2ccccc2)cc1. The van der Waals surface area contributed by atoms with Crippen molar-refractivity contribution in [3.8, 4) is 5.75 Å². The van der Waals surface area contributed by atoms with Crippen molar-refractivity contribution < 1.29 is 19.4 Å². The Morgan fingerprint density at radius 3 is 2.32 bits per heavy atom. The average molecular weight is 299 g/mol. The first-order valence-electron chi connectivity index (χ1n) is 6.92. The molecule has 22 heavy (non-hydrogen) atoms. The number of carboxylic acid groups (broad SMARTS) is 1. The number of ether oxygens (including phenoxy) is 1. The number of aliphatic carboxylic acids is 1. The Hall–Kier alpha value is -2.82. The van der Waals surface area contributed by atoms with Gasteiger partial charge in [0.15, 0.2) is 6.61 Å². The van der Waals surface area contributed by atoms with E-state index in [-0.39, 0.29) is 5.91 Å². The van der Waals surface area contributed by atoms with Crippen LogP contribution < -0.4 is 10.1 Å². The number of carboxylic acids is 1. The minimum atomic E-state index is -1.04. The van der Waals surface area contributed by atoms with Crippen LogP contribution in [0.1, 0.15) is 15.9 Å². The van der Waals surface area contributed by atoms with Crippen molar-refractivity contribution in [3.63, 3.8) is 0 Å². The molecule has 0 radical (unpaired) electrons. The molecule has 0 aromatic heterocycles. The number of hydrogen-bond acceptors (Lipinski definition) is 3. The summed E-state index contributed by atoms with van der Waals surface area (Å²) in [6.45, 7) is 0.155. The van der Waals surface area contributed by atoms with Crippen molar-refractivity contribution in [2.75, 3.05) is 13.2 Å². The number of nitrogens with one attached hydrogen (secondary N) is 1. The zero-order valence-electron chi connectivity index (χ0n) is 12.0. The van der Waals surface area contributed by atoms with Gasteiger partial charge in [-0.2, -0.15) is 0 Å². The number of carbonyl (C=O) groups is 2. The van der Waals surface area contributed by atoms with E-state index in [4.69, 9.17) is 9.84 Å². The number of carbonyl (C=O) groups excluding carboxylic acids is 1. The van der Waals surface area contributed by atoms with E-state index in [0.29, 0.717) is 17.9 Å². The molecule has 0 aliphatic heterocycles. The van der Waals surface area contributed by atoms with Gasteiger partial charge in [-0.05, 0) is 36.2 Å². The fourth-order valence-electron chi connectivity index (χ4n) is 1.91. The predicted molar refractivity (Wildman–Crippen MR) is 82.1 cm³/mol. The van der Waals surface area contributed by atoms with E-state index in [0.717, 1.165) is 6.42 Å². The van der Waals surface area contributed by atoms with Crippen LogP contribution in [0.25, 0.3) is 0 Å². The van der Waals surface area contributed by atoms with Gasteiger partial charge < -0.3 is 15.2 Å². The fraction of sp³-hybridized carbons (Fsp3) is 0.176. The van der Waals surface area contributed by atoms with Gasteiger partial charge in [-0.1, -0.05) is 30.3 Å². The zero-order chi connectivity index (χ0) is 15.8. The van der Waals surface area contributed by atoms with Crippen LogP contribution in [0.3, 0.4) is 0 Å². The molecule has 0 bridgehead atoms. The maximum atomic E-state index is 12.0. The monoisotopic (exact) mass is 299 g/mol. The molecule has 114 valence electrons. The molecule has 0 unspecified atom stereocenters. The van der Waals surface area contributed by atoms with Crippen molar-refractivity contribution in [1.82, 2.24) is 5.32 Å². The van der Waals surface area contributed by atoms with Crippen LogP contribution in [-0.4, -0.2) is 30.1 Å². The highest BCUT2D eigenvalue weighted by Crippen LogP contribution is 2.12. The maximum absolute atomic E-state index is 12.0. The van der Waals surface area contributed by atoms with Gasteiger partial charge in [0.25, 0.3) is 5.91 Å². The van der Waals surface area contributed by atoms with Crippen molar-refractivity contribution in [2.45, 2.75) is 6.42 Å². The average Bonchev–Trinajstić information content (AvgIpc) is 2.54. The second-order valence-corrected chi connectivity index (χ2v) is 4.70. The smallest absolute Gasteiger partial charge is 0.341 e. The number of rotatable bonds is 7. The van der Waals surface area contributed by atoms with Gasteiger partial charge in [-0.3, -0.25) is 4.79 Å². The Morgan fingerprint density at radius 1 is 1.00 bits per heavy atom. The van der Waals surface area contributed by atoms with Crippen LogP contribution in [-0.2, 0) is 11.2 Å². The second-order valence-electron chi connectivity index (χ2n) is 4.70. The molecule has 0 fully saturated rings. The summed E-state index contributed by atoms with van der Waals surface area (Å²) in [4.78, 5) is 22.4. The van der Waals surface area contributed by atoms with E-state index < -0.39 is 12.6 Å². The van der Waals surface area contributed by atoms with Gasteiger partial charge in [0.1, 0.15) is 5.75 Å². The van der Waals surface area contributed by atoms with Gasteiger partial charge in [0.05, 0.1) is 0 Å². The van der Waals surface area contributed by atoms with Crippen LogP contribution in [0.5, 0.6) is 5.75 Å². The van der Waals surface area contributed by atoms with E-state index in [9.17, 15) is 9.59 Å². The second kappa shape index (κ2) is 7.83. The van der Waals surface area contributed by atoms with Crippen molar-refractivity contribution in [1.29, 1.82) is 0 Å². The van der Waals surface area contributed by atoms with Gasteiger partial charge in [0, 0.05) is 12.1 Å². The highest BCUT2D eigenvalue weighted by atomic mass is 16.5. The van der Waals surface area contributed by atoms with Crippen LogP contribution in [0.15, 0.2) is 54.6 Å². The first-order valence-corrected chi connectivity index (χ1v) is 6.92. The van der Waals surface area contributed by atoms with E-state index in [1.165, 1.54) is 5.56 Å². The Kier molecular flexibility index (Phi) is 5.54. The normalized spacial score (nSPS) is 10.0. The summed E-state index contributed by atoms with van der Waals surface area (Å²) in [7, 11) is 0. The summed E-state index contributed by atoms with van der Waals surface area (Å²) < 4.78 is 5.01. The quantitative estimate of drug-likeness (QED) is 0.821. The lowest BCUT2D eigenvalue weighted by Crippen LogP contribution is -2.25. The minimum Gasteiger partial charge on any atom is -0.482 e. The summed E-state index contributed by atoms with van der Waals surface area (Å²) in [6.07, 6.45) is 0.770. The van der Waals surface area contributed by atoms with Gasteiger partial charge >= 0.3 is 5.97 Å². The van der Waals surface area contributed by atoms with Crippen LogP contribution in [0.4, 0.5) is 0 Å². The third kappa shape index (κ3) is 4.94. The Balaban J connectivity index is 1.81. The van der Waals surface area contributed by atoms with Gasteiger partial charge in [0.2, 0.25) is 0 Å². The number of benzene rings is 2. The summed E-state index contributed by atoms with van der Waals surface area (Å²) in [5, 5.41) is 11.4. The molecule has 2 aromatic rings. The maximum Gasteiger partial charge on any atom is 0.341 e. The molecule has 2 N–H and O–H groups in total. The Labute approximate surface area is 128 Å². The largest absolute Gasteiger partial charge is 0.482 e. The zero-order valence-corrected chi connectivity index (χ0v) is 12.0. The van der Waals surface area contributed by atoms with Crippen molar-refractivity contribution >= 4 is 11.9 Å². The summed E-state index contributed by atoms with van der Waals surface area (Å²) in [5.41, 5.74) is 1.68. The van der Waals surface area contributed by atoms with E-state index >= 15 is 0 Å². The van der Waals surface area contributed by atoms with Crippen LogP contribution in [0, 0.1) is 0 Å². The molecular weight excluding hydrogens is 282 g/mol. The van der Waals surface area contributed by atoms with E-state index in [1.54, 1.807) is 24.3 Å². The van der Waals surface area contributed by atoms with Gasteiger partial charge in [-0.15, -0.1) is 0 Å². The molecule has 0 saturated heterocycles. The molecule has 2 rings (SSSR count). The Morgan fingerprint density at radius 2 is 1.68 bits per heavy atom. The third-order valence-corrected chi connectivity index (χ3v) is 3.02. The predicted octanol–water partition coefficient (Wildman–Crippen LogP) is 2.12. The first-order chi connectivity index (χ1) is 10.6. The molecule has 5 heteroatoms. The summed E-state index contributed by atoms with van der Waals surface area (Å²) in [5.74, 6) is -0.785. The van der Waals surface area contributed by atoms with E-state index in [1.807, 2.05) is 30.3 Å². The molecule has 0 atom stereocenters. The molecule has 0 spiro atoms. The molecule has 0 aliphatic rings. The molecule has 0 saturated carbocycles. The third-order valence-electron chi connectivity index (χ3n) is 3.02. The lowest BCUT2D eigenvalue weighted by atomic mass is 10.1. The summed E-state index contributed by atoms with van der Waals surface area (Å²) >= 11 is 0. The molecule has 5 nitrogen and oxygen atoms in total. The van der Waals surface area contributed by atoms with Gasteiger partial charge in [-0.25, -0.2) is 4.79 Å². The number of hydrogen-bond donors (Lipinski definition) is 2. The molecule has 1 amide bonds. The van der Waals surface area contributed by atoms with Crippen LogP contribution in [0.2, 0.25) is 0 Å². The lowest BCUT2D eigenvalue weighted by Gasteiger charge is -2.07. The molecule has 2 aromatic carbocycles. The molecule has 0 aliphatic carbocycles. The van der Waals surface area contributed by atoms with Crippen LogP contribution >= 0.6 is 0 Å². The first kappa shape index (κ1) is 15.6. The summed E-state index contributed by atoms with van der Waals surface area (Å²) in [6, 6.07) is 16.3. The topological polar surface area (TPSA) is 75.6 Å².